The molecule has 0 aliphatic rings. The minimum atomic E-state index is -3.90. The molecule has 0 radical (unpaired) electrons. The summed E-state index contributed by atoms with van der Waals surface area (Å²) in [4.78, 5) is 10.3. The van der Waals surface area contributed by atoms with Crippen LogP contribution in [0.1, 0.15) is 19.4 Å². The predicted molar refractivity (Wildman–Crippen MR) is 111 cm³/mol. The number of nitro benzene ring substituents is 1. The van der Waals surface area contributed by atoms with Crippen LogP contribution in [0.25, 0.3) is 6.08 Å². The fourth-order valence-electron chi connectivity index (χ4n) is 2.50. The molecule has 2 aromatic carbocycles. The lowest BCUT2D eigenvalue weighted by molar-refractivity contribution is -0.385. The lowest BCUT2D eigenvalue weighted by Gasteiger charge is -2.20. The van der Waals surface area contributed by atoms with Crippen LogP contribution in [0.5, 0.6) is 0 Å². The summed E-state index contributed by atoms with van der Waals surface area (Å²) in [5.41, 5.74) is 3.53. The molecule has 0 saturated carbocycles. The SMILES string of the molecule is CCN(CC)S(=O)(=O)c1cc([N+](=O)[O-])ccc1N/N=C\C=C\c1ccccc1. The standard InChI is InChI=1S/C19H22N4O4S/c1-3-22(4-2)28(26,27)19-15-17(23(24)25)12-13-18(19)21-20-14-8-11-16-9-6-5-7-10-16/h5-15,21H,3-4H2,1-2H3/b11-8+,20-14-. The third-order valence-electron chi connectivity index (χ3n) is 3.93. The molecule has 8 nitrogen and oxygen atoms in total. The van der Waals surface area contributed by atoms with E-state index in [4.69, 9.17) is 0 Å². The molecule has 0 saturated heterocycles. The van der Waals surface area contributed by atoms with Gasteiger partial charge in [-0.3, -0.25) is 15.5 Å². The van der Waals surface area contributed by atoms with E-state index in [0.29, 0.717) is 0 Å². The number of benzene rings is 2. The average Bonchev–Trinajstić information content (AvgIpc) is 2.69. The van der Waals surface area contributed by atoms with Crippen molar-refractivity contribution in [2.24, 2.45) is 5.10 Å². The maximum absolute atomic E-state index is 12.9. The van der Waals surface area contributed by atoms with Gasteiger partial charge in [0.15, 0.2) is 0 Å². The van der Waals surface area contributed by atoms with Crippen LogP contribution in [0.2, 0.25) is 0 Å². The monoisotopic (exact) mass is 402 g/mol. The van der Waals surface area contributed by atoms with Gasteiger partial charge in [0.25, 0.3) is 5.69 Å². The second-order valence-corrected chi connectivity index (χ2v) is 7.59. The first-order chi connectivity index (χ1) is 13.4. The van der Waals surface area contributed by atoms with Crippen LogP contribution in [0.3, 0.4) is 0 Å². The third-order valence-corrected chi connectivity index (χ3v) is 6.02. The quantitative estimate of drug-likeness (QED) is 0.391. The summed E-state index contributed by atoms with van der Waals surface area (Å²) in [5, 5.41) is 15.1. The second-order valence-electron chi connectivity index (χ2n) is 5.69. The molecule has 0 aromatic heterocycles. The Morgan fingerprint density at radius 1 is 1.14 bits per heavy atom. The number of nitro groups is 1. The van der Waals surface area contributed by atoms with Gasteiger partial charge in [-0.1, -0.05) is 50.3 Å². The van der Waals surface area contributed by atoms with E-state index in [0.717, 1.165) is 11.6 Å². The summed E-state index contributed by atoms with van der Waals surface area (Å²) in [6.07, 6.45) is 5.02. The minimum absolute atomic E-state index is 0.168. The van der Waals surface area contributed by atoms with Crippen LogP contribution < -0.4 is 5.43 Å². The number of hydrogen-bond acceptors (Lipinski definition) is 6. The fraction of sp³-hybridized carbons (Fsp3) is 0.211. The van der Waals surface area contributed by atoms with Crippen molar-refractivity contribution in [3.63, 3.8) is 0 Å². The van der Waals surface area contributed by atoms with Crippen LogP contribution >= 0.6 is 0 Å². The third kappa shape index (κ3) is 5.24. The number of rotatable bonds is 9. The molecule has 0 spiro atoms. The maximum Gasteiger partial charge on any atom is 0.270 e. The summed E-state index contributed by atoms with van der Waals surface area (Å²) >= 11 is 0. The zero-order valence-electron chi connectivity index (χ0n) is 15.6. The Hall–Kier alpha value is -3.04. The summed E-state index contributed by atoms with van der Waals surface area (Å²) in [6, 6.07) is 13.2. The van der Waals surface area contributed by atoms with Crippen LogP contribution in [-0.4, -0.2) is 37.0 Å². The molecule has 28 heavy (non-hydrogen) atoms. The Morgan fingerprint density at radius 3 is 2.43 bits per heavy atom. The summed E-state index contributed by atoms with van der Waals surface area (Å²) in [7, 11) is -3.90. The van der Waals surface area contributed by atoms with Crippen LogP contribution in [-0.2, 0) is 10.0 Å². The summed E-state index contributed by atoms with van der Waals surface area (Å²) < 4.78 is 27.0. The van der Waals surface area contributed by atoms with Crippen molar-refractivity contribution < 1.29 is 13.3 Å². The van der Waals surface area contributed by atoms with E-state index in [-0.39, 0.29) is 29.4 Å². The Labute approximate surface area is 164 Å². The van der Waals surface area contributed by atoms with Gasteiger partial charge >= 0.3 is 0 Å². The first kappa shape index (κ1) is 21.3. The summed E-state index contributed by atoms with van der Waals surface area (Å²) in [5.74, 6) is 0. The van der Waals surface area contributed by atoms with Crippen molar-refractivity contribution in [3.05, 3.63) is 70.3 Å². The molecule has 2 rings (SSSR count). The lowest BCUT2D eigenvalue weighted by atomic mass is 10.2. The Bertz CT molecular complexity index is 969. The number of anilines is 1. The molecule has 0 amide bonds. The van der Waals surface area contributed by atoms with Gasteiger partial charge in [-0.15, -0.1) is 0 Å². The zero-order valence-corrected chi connectivity index (χ0v) is 16.5. The molecule has 0 heterocycles. The largest absolute Gasteiger partial charge is 0.277 e. The predicted octanol–water partition coefficient (Wildman–Crippen LogP) is 3.74. The average molecular weight is 402 g/mol. The number of hydrogen-bond donors (Lipinski definition) is 1. The van der Waals surface area contributed by atoms with Crippen molar-refractivity contribution in [2.75, 3.05) is 18.5 Å². The van der Waals surface area contributed by atoms with Gasteiger partial charge in [-0.2, -0.15) is 9.41 Å². The van der Waals surface area contributed by atoms with Crippen molar-refractivity contribution in [1.82, 2.24) is 4.31 Å². The number of nitrogens with zero attached hydrogens (tertiary/aromatic N) is 3. The van der Waals surface area contributed by atoms with Gasteiger partial charge in [0.05, 0.1) is 10.6 Å². The number of nitrogens with one attached hydrogen (secondary N) is 1. The zero-order chi connectivity index (χ0) is 20.6. The van der Waals surface area contributed by atoms with Crippen molar-refractivity contribution in [3.8, 4) is 0 Å². The highest BCUT2D eigenvalue weighted by atomic mass is 32.2. The van der Waals surface area contributed by atoms with E-state index in [1.54, 1.807) is 19.9 Å². The van der Waals surface area contributed by atoms with Crippen LogP contribution in [0.15, 0.2) is 64.6 Å². The minimum Gasteiger partial charge on any atom is -0.277 e. The van der Waals surface area contributed by atoms with Crippen LogP contribution in [0, 0.1) is 10.1 Å². The number of sulfonamides is 1. The number of allylic oxidation sites excluding steroid dienone is 1. The van der Waals surface area contributed by atoms with Gasteiger partial charge in [0, 0.05) is 31.4 Å². The first-order valence-electron chi connectivity index (χ1n) is 8.69. The summed E-state index contributed by atoms with van der Waals surface area (Å²) in [6.45, 7) is 3.92. The van der Waals surface area contributed by atoms with Gasteiger partial charge in [-0.25, -0.2) is 8.42 Å². The molecule has 2 aromatic rings. The van der Waals surface area contributed by atoms with E-state index >= 15 is 0 Å². The smallest absolute Gasteiger partial charge is 0.270 e. The van der Waals surface area contributed by atoms with E-state index in [2.05, 4.69) is 10.5 Å². The highest BCUT2D eigenvalue weighted by Gasteiger charge is 2.27. The maximum atomic E-state index is 12.9. The van der Waals surface area contributed by atoms with E-state index < -0.39 is 14.9 Å². The van der Waals surface area contributed by atoms with Gasteiger partial charge < -0.3 is 0 Å². The van der Waals surface area contributed by atoms with Gasteiger partial charge in [-0.05, 0) is 17.7 Å². The Morgan fingerprint density at radius 2 is 1.82 bits per heavy atom. The molecule has 0 aliphatic heterocycles. The molecule has 0 atom stereocenters. The fourth-order valence-corrected chi connectivity index (χ4v) is 4.12. The van der Waals surface area contributed by atoms with Gasteiger partial charge in [0.2, 0.25) is 10.0 Å². The molecular weight excluding hydrogens is 380 g/mol. The molecule has 9 heteroatoms. The Kier molecular flexibility index (Phi) is 7.42. The Balaban J connectivity index is 2.29. The van der Waals surface area contributed by atoms with E-state index in [9.17, 15) is 18.5 Å². The molecule has 0 aliphatic carbocycles. The molecule has 0 fully saturated rings. The second kappa shape index (κ2) is 9.77. The molecule has 0 unspecified atom stereocenters. The van der Waals surface area contributed by atoms with Crippen molar-refractivity contribution in [2.45, 2.75) is 18.7 Å². The van der Waals surface area contributed by atoms with E-state index in [1.807, 2.05) is 36.4 Å². The molecule has 148 valence electrons. The van der Waals surface area contributed by atoms with Crippen molar-refractivity contribution in [1.29, 1.82) is 0 Å². The molecular formula is C19H22N4O4S. The molecule has 0 bridgehead atoms. The first-order valence-corrected chi connectivity index (χ1v) is 10.1. The van der Waals surface area contributed by atoms with E-state index in [1.165, 1.54) is 22.7 Å². The highest BCUT2D eigenvalue weighted by Crippen LogP contribution is 2.29. The topological polar surface area (TPSA) is 105 Å². The number of hydrazone groups is 1. The lowest BCUT2D eigenvalue weighted by Crippen LogP contribution is -2.31. The van der Waals surface area contributed by atoms with Crippen LogP contribution in [0.4, 0.5) is 11.4 Å². The molecule has 1 N–H and O–H groups in total. The van der Waals surface area contributed by atoms with Gasteiger partial charge in [0.1, 0.15) is 4.90 Å². The highest BCUT2D eigenvalue weighted by molar-refractivity contribution is 7.89. The van der Waals surface area contributed by atoms with Crippen molar-refractivity contribution >= 4 is 33.7 Å². The number of non-ortho nitro benzene ring substituents is 1. The normalized spacial score (nSPS) is 12.1.